The van der Waals surface area contributed by atoms with Crippen LogP contribution >= 0.6 is 0 Å². The van der Waals surface area contributed by atoms with Crippen LogP contribution in [0.4, 0.5) is 19.4 Å². The molecule has 2 aliphatic rings. The molecule has 2 fully saturated rings. The molecule has 0 atom stereocenters. The van der Waals surface area contributed by atoms with Gasteiger partial charge in [-0.05, 0) is 76.0 Å². The van der Waals surface area contributed by atoms with E-state index in [1.54, 1.807) is 37.5 Å². The van der Waals surface area contributed by atoms with Crippen LogP contribution in [0.5, 0.6) is 11.5 Å². The number of urea groups is 1. The molecule has 3 heterocycles. The van der Waals surface area contributed by atoms with Gasteiger partial charge in [0.1, 0.15) is 17.3 Å². The Morgan fingerprint density at radius 1 is 1.17 bits per heavy atom. The van der Waals surface area contributed by atoms with Crippen LogP contribution in [0.1, 0.15) is 49.3 Å². The van der Waals surface area contributed by atoms with E-state index < -0.39 is 11.3 Å². The summed E-state index contributed by atoms with van der Waals surface area (Å²) in [4.78, 5) is 25.6. The molecule has 1 saturated heterocycles. The van der Waals surface area contributed by atoms with Crippen LogP contribution in [0, 0.1) is 12.3 Å². The first-order valence-corrected chi connectivity index (χ1v) is 14.5. The number of nitrogens with one attached hydrogen (secondary N) is 1. The van der Waals surface area contributed by atoms with Crippen molar-refractivity contribution in [2.75, 3.05) is 39.0 Å². The number of nitrogens with zero attached hydrogens (tertiary/aromatic N) is 4. The number of aromatic nitrogens is 2. The highest BCUT2D eigenvalue weighted by molar-refractivity contribution is 5.88. The molecule has 7 nitrogen and oxygen atoms in total. The fraction of sp³-hybridized carbons (Fsp3) is 0.424. The molecule has 1 aliphatic carbocycles. The van der Waals surface area contributed by atoms with Crippen molar-refractivity contribution in [3.63, 3.8) is 0 Å². The van der Waals surface area contributed by atoms with Gasteiger partial charge in [0.05, 0.1) is 11.4 Å². The fourth-order valence-corrected chi connectivity index (χ4v) is 5.85. The number of amides is 2. The summed E-state index contributed by atoms with van der Waals surface area (Å²) in [5.74, 6) is -0.455. The van der Waals surface area contributed by atoms with Crippen LogP contribution < -0.4 is 10.1 Å². The maximum atomic E-state index is 13.4. The van der Waals surface area contributed by atoms with Crippen LogP contribution in [0.25, 0.3) is 11.3 Å². The second-order valence-electron chi connectivity index (χ2n) is 11.8. The summed E-state index contributed by atoms with van der Waals surface area (Å²) in [6.07, 6.45) is 5.69. The molecular weight excluding hydrogens is 536 g/mol. The number of likely N-dealkylation sites (tertiary alicyclic amines) is 1. The first-order chi connectivity index (χ1) is 20.0. The number of piperidine rings is 1. The number of alkyl halides is 2. The number of rotatable bonds is 9. The van der Waals surface area contributed by atoms with Crippen molar-refractivity contribution < 1.29 is 18.3 Å². The van der Waals surface area contributed by atoms with E-state index in [0.29, 0.717) is 41.9 Å². The molecule has 0 unspecified atom stereocenters. The minimum absolute atomic E-state index is 0.217. The molecule has 0 radical (unpaired) electrons. The molecular formula is C33H39F2N5O2. The predicted molar refractivity (Wildman–Crippen MR) is 161 cm³/mol. The summed E-state index contributed by atoms with van der Waals surface area (Å²) in [5.41, 5.74) is 3.22. The monoisotopic (exact) mass is 575 g/mol. The summed E-state index contributed by atoms with van der Waals surface area (Å²) >= 11 is 0. The lowest BCUT2D eigenvalue weighted by Crippen LogP contribution is -2.46. The van der Waals surface area contributed by atoms with Gasteiger partial charge in [0.25, 0.3) is 0 Å². The van der Waals surface area contributed by atoms with E-state index in [2.05, 4.69) is 58.1 Å². The van der Waals surface area contributed by atoms with Gasteiger partial charge in [-0.15, -0.1) is 6.58 Å². The third-order valence-electron chi connectivity index (χ3n) is 8.57. The lowest BCUT2D eigenvalue weighted by Gasteiger charge is -2.46. The van der Waals surface area contributed by atoms with Crippen LogP contribution in [0.3, 0.4) is 0 Å². The largest absolute Gasteiger partial charge is 0.455 e. The number of halogens is 2. The van der Waals surface area contributed by atoms with E-state index in [1.807, 2.05) is 13.0 Å². The summed E-state index contributed by atoms with van der Waals surface area (Å²) in [6.45, 7) is 8.13. The Bertz CT molecular complexity index is 1410. The first kappa shape index (κ1) is 29.6. The van der Waals surface area contributed by atoms with Crippen molar-refractivity contribution in [3.8, 4) is 22.8 Å². The van der Waals surface area contributed by atoms with Crippen molar-refractivity contribution in [1.82, 2.24) is 19.8 Å². The average Bonchev–Trinajstić information content (AvgIpc) is 2.96. The summed E-state index contributed by atoms with van der Waals surface area (Å²) in [7, 11) is 3.81. The smallest absolute Gasteiger partial charge is 0.322 e. The molecule has 9 heteroatoms. The molecule has 5 rings (SSSR count). The second kappa shape index (κ2) is 12.2. The quantitative estimate of drug-likeness (QED) is 0.268. The summed E-state index contributed by atoms with van der Waals surface area (Å²) in [6, 6.07) is 15.5. The number of anilines is 1. The van der Waals surface area contributed by atoms with Gasteiger partial charge in [-0.3, -0.25) is 10.3 Å². The minimum atomic E-state index is -2.64. The van der Waals surface area contributed by atoms with Crippen LogP contribution in [-0.4, -0.2) is 65.5 Å². The van der Waals surface area contributed by atoms with Gasteiger partial charge in [0, 0.05) is 49.7 Å². The van der Waals surface area contributed by atoms with Crippen molar-refractivity contribution in [2.45, 2.75) is 50.9 Å². The van der Waals surface area contributed by atoms with Crippen molar-refractivity contribution in [2.24, 2.45) is 5.41 Å². The van der Waals surface area contributed by atoms with Crippen molar-refractivity contribution in [3.05, 3.63) is 78.6 Å². The molecule has 1 saturated carbocycles. The number of pyridine rings is 2. The Balaban J connectivity index is 1.17. The van der Waals surface area contributed by atoms with Gasteiger partial charge in [-0.25, -0.2) is 18.6 Å². The molecule has 1 aliphatic heterocycles. The Labute approximate surface area is 246 Å². The maximum absolute atomic E-state index is 13.4. The molecule has 2 aromatic heterocycles. The zero-order valence-electron chi connectivity index (χ0n) is 24.6. The number of benzene rings is 1. The minimum Gasteiger partial charge on any atom is -0.455 e. The molecule has 1 aromatic carbocycles. The van der Waals surface area contributed by atoms with Crippen LogP contribution in [0.2, 0.25) is 0 Å². The van der Waals surface area contributed by atoms with Gasteiger partial charge >= 0.3 is 6.03 Å². The van der Waals surface area contributed by atoms with E-state index in [1.165, 1.54) is 23.3 Å². The topological polar surface area (TPSA) is 70.6 Å². The third kappa shape index (κ3) is 6.95. The number of allylic oxidation sites excluding steroid dienone is 1. The van der Waals surface area contributed by atoms with E-state index >= 15 is 0 Å². The van der Waals surface area contributed by atoms with E-state index in [4.69, 9.17) is 4.74 Å². The number of ether oxygens (including phenoxy) is 1. The van der Waals surface area contributed by atoms with Crippen LogP contribution in [0.15, 0.2) is 67.4 Å². The molecule has 2 amide bonds. The number of carbonyl (C=O) groups is 1. The Morgan fingerprint density at radius 3 is 2.52 bits per heavy atom. The van der Waals surface area contributed by atoms with E-state index in [9.17, 15) is 13.6 Å². The fourth-order valence-electron chi connectivity index (χ4n) is 5.85. The molecule has 3 aromatic rings. The molecule has 1 N–H and O–H groups in total. The normalized spacial score (nSPS) is 18.1. The number of hydrogen-bond acceptors (Lipinski definition) is 5. The Kier molecular flexibility index (Phi) is 8.59. The zero-order chi connectivity index (χ0) is 29.9. The zero-order valence-corrected chi connectivity index (χ0v) is 24.6. The SMILES string of the molecule is C=CC1(CCN(C)C(=O)Nc2ccc(Oc3ccnc(-c4ccc(C5CCN(C)CC5)cc4)c3)c(C)n2)CC(F)(F)C1. The predicted octanol–water partition coefficient (Wildman–Crippen LogP) is 7.51. The van der Waals surface area contributed by atoms with Crippen molar-refractivity contribution in [1.29, 1.82) is 0 Å². The van der Waals surface area contributed by atoms with E-state index in [-0.39, 0.29) is 18.9 Å². The number of hydrogen-bond donors (Lipinski definition) is 1. The summed E-state index contributed by atoms with van der Waals surface area (Å²) < 4.78 is 33.0. The molecule has 0 spiro atoms. The second-order valence-corrected chi connectivity index (χ2v) is 11.8. The Hall–Kier alpha value is -3.85. The maximum Gasteiger partial charge on any atom is 0.322 e. The summed E-state index contributed by atoms with van der Waals surface area (Å²) in [5, 5.41) is 2.78. The highest BCUT2D eigenvalue weighted by atomic mass is 19.3. The third-order valence-corrected chi connectivity index (χ3v) is 8.57. The highest BCUT2D eigenvalue weighted by Gasteiger charge is 2.54. The molecule has 0 bridgehead atoms. The molecule has 42 heavy (non-hydrogen) atoms. The van der Waals surface area contributed by atoms with Gasteiger partial charge in [-0.1, -0.05) is 30.3 Å². The lowest BCUT2D eigenvalue weighted by molar-refractivity contribution is -0.144. The number of carbonyl (C=O) groups excluding carboxylic acids is 1. The standard InChI is InChI=1S/C33H39F2N5O2/c1-5-32(21-33(34,35)22-32)15-19-40(4)31(41)38-30-11-10-29(23(2)37-30)42-27-12-16-36-28(20-27)26-8-6-24(7-9-26)25-13-17-39(3)18-14-25/h5-12,16,20,25H,1,13-15,17-19,21-22H2,2-4H3,(H,37,38,41). The first-order valence-electron chi connectivity index (χ1n) is 14.5. The van der Waals surface area contributed by atoms with Gasteiger partial charge in [0.2, 0.25) is 5.92 Å². The number of aryl methyl sites for hydroxylation is 1. The Morgan fingerprint density at radius 2 is 1.88 bits per heavy atom. The highest BCUT2D eigenvalue weighted by Crippen LogP contribution is 2.54. The van der Waals surface area contributed by atoms with Crippen molar-refractivity contribution >= 4 is 11.8 Å². The lowest BCUT2D eigenvalue weighted by atomic mass is 9.64. The van der Waals surface area contributed by atoms with Gasteiger partial charge in [0.15, 0.2) is 0 Å². The van der Waals surface area contributed by atoms with Gasteiger partial charge < -0.3 is 14.5 Å². The molecule has 222 valence electrons. The van der Waals surface area contributed by atoms with Gasteiger partial charge in [-0.2, -0.15) is 0 Å². The van der Waals surface area contributed by atoms with E-state index in [0.717, 1.165) is 24.3 Å². The average molecular weight is 576 g/mol. The van der Waals surface area contributed by atoms with Crippen LogP contribution in [-0.2, 0) is 0 Å².